The first kappa shape index (κ1) is 14.9. The van der Waals surface area contributed by atoms with Gasteiger partial charge in [-0.25, -0.2) is 4.79 Å². The molecule has 1 aromatic rings. The first-order chi connectivity index (χ1) is 8.99. The number of nitrogens with zero attached hydrogens (tertiary/aromatic N) is 1. The number of nitro groups is 1. The van der Waals surface area contributed by atoms with E-state index in [9.17, 15) is 14.9 Å². The molecule has 0 aliphatic rings. The monoisotopic (exact) mass is 267 g/mol. The summed E-state index contributed by atoms with van der Waals surface area (Å²) in [5.41, 5.74) is -0.235. The molecule has 1 rings (SSSR count). The average Bonchev–Trinajstić information content (AvgIpc) is 2.39. The molecule has 0 amide bonds. The van der Waals surface area contributed by atoms with Crippen LogP contribution in [0.2, 0.25) is 0 Å². The zero-order valence-electron chi connectivity index (χ0n) is 11.0. The summed E-state index contributed by atoms with van der Waals surface area (Å²) in [4.78, 5) is 21.1. The molecule has 19 heavy (non-hydrogen) atoms. The van der Waals surface area contributed by atoms with Crippen LogP contribution >= 0.6 is 0 Å². The summed E-state index contributed by atoms with van der Waals surface area (Å²) < 4.78 is 5.43. The van der Waals surface area contributed by atoms with Crippen molar-refractivity contribution >= 4 is 11.7 Å². The topological polar surface area (TPSA) is 89.7 Å². The van der Waals surface area contributed by atoms with E-state index in [-0.39, 0.29) is 17.0 Å². The van der Waals surface area contributed by atoms with E-state index in [0.717, 1.165) is 18.9 Å². The van der Waals surface area contributed by atoms with Gasteiger partial charge in [-0.2, -0.15) is 0 Å². The molecule has 0 atom stereocenters. The first-order valence-electron chi connectivity index (χ1n) is 6.14. The number of nitro benzene ring substituents is 1. The molecule has 0 aromatic heterocycles. The molecule has 0 radical (unpaired) electrons. The van der Waals surface area contributed by atoms with E-state index in [1.165, 1.54) is 12.1 Å². The standard InChI is InChI=1S/C13H17NO5/c1-3-9(4-2)8-19-12-7-10(13(15)16)5-6-11(12)14(17)18/h5-7,9H,3-4,8H2,1-2H3,(H,15,16). The fourth-order valence-corrected chi connectivity index (χ4v) is 1.65. The number of aromatic carboxylic acids is 1. The van der Waals surface area contributed by atoms with Crippen molar-refractivity contribution in [3.05, 3.63) is 33.9 Å². The van der Waals surface area contributed by atoms with Gasteiger partial charge >= 0.3 is 11.7 Å². The second-order valence-corrected chi connectivity index (χ2v) is 4.24. The van der Waals surface area contributed by atoms with Crippen LogP contribution in [0.1, 0.15) is 37.0 Å². The normalized spacial score (nSPS) is 10.5. The Morgan fingerprint density at radius 3 is 2.53 bits per heavy atom. The van der Waals surface area contributed by atoms with Crippen LogP contribution in [0.3, 0.4) is 0 Å². The van der Waals surface area contributed by atoms with Crippen molar-refractivity contribution in [3.8, 4) is 5.75 Å². The van der Waals surface area contributed by atoms with Crippen molar-refractivity contribution < 1.29 is 19.6 Å². The van der Waals surface area contributed by atoms with Crippen molar-refractivity contribution in [2.24, 2.45) is 5.92 Å². The summed E-state index contributed by atoms with van der Waals surface area (Å²) in [6.07, 6.45) is 1.81. The molecule has 0 unspecified atom stereocenters. The molecule has 0 bridgehead atoms. The van der Waals surface area contributed by atoms with E-state index in [2.05, 4.69) is 0 Å². The van der Waals surface area contributed by atoms with Gasteiger partial charge in [0.25, 0.3) is 0 Å². The van der Waals surface area contributed by atoms with Crippen LogP contribution in [-0.2, 0) is 0 Å². The molecule has 0 saturated carbocycles. The van der Waals surface area contributed by atoms with Crippen LogP contribution in [0.5, 0.6) is 5.75 Å². The Hall–Kier alpha value is -2.11. The van der Waals surface area contributed by atoms with Crippen LogP contribution in [0.4, 0.5) is 5.69 Å². The summed E-state index contributed by atoms with van der Waals surface area (Å²) >= 11 is 0. The van der Waals surface area contributed by atoms with Crippen molar-refractivity contribution in [1.82, 2.24) is 0 Å². The largest absolute Gasteiger partial charge is 0.487 e. The Morgan fingerprint density at radius 2 is 2.05 bits per heavy atom. The molecular formula is C13H17NO5. The Labute approximate surface area is 111 Å². The van der Waals surface area contributed by atoms with Gasteiger partial charge in [-0.3, -0.25) is 10.1 Å². The van der Waals surface area contributed by atoms with Crippen molar-refractivity contribution in [2.45, 2.75) is 26.7 Å². The van der Waals surface area contributed by atoms with Gasteiger partial charge in [-0.05, 0) is 12.0 Å². The molecule has 6 heteroatoms. The minimum atomic E-state index is -1.14. The quantitative estimate of drug-likeness (QED) is 0.605. The number of ether oxygens (including phenoxy) is 1. The third-order valence-corrected chi connectivity index (χ3v) is 3.03. The first-order valence-corrected chi connectivity index (χ1v) is 6.14. The second-order valence-electron chi connectivity index (χ2n) is 4.24. The molecule has 1 aromatic carbocycles. The van der Waals surface area contributed by atoms with Gasteiger partial charge in [-0.15, -0.1) is 0 Å². The molecule has 1 N–H and O–H groups in total. The smallest absolute Gasteiger partial charge is 0.335 e. The van der Waals surface area contributed by atoms with Gasteiger partial charge in [0.15, 0.2) is 5.75 Å². The maximum atomic E-state index is 10.9. The zero-order chi connectivity index (χ0) is 14.4. The van der Waals surface area contributed by atoms with E-state index >= 15 is 0 Å². The summed E-state index contributed by atoms with van der Waals surface area (Å²) in [6.45, 7) is 4.37. The van der Waals surface area contributed by atoms with E-state index in [1.807, 2.05) is 13.8 Å². The summed E-state index contributed by atoms with van der Waals surface area (Å²) in [5.74, 6) is -0.827. The molecule has 0 spiro atoms. The Morgan fingerprint density at radius 1 is 1.42 bits per heavy atom. The van der Waals surface area contributed by atoms with Gasteiger partial charge < -0.3 is 9.84 Å². The Bertz CT molecular complexity index is 468. The number of carboxylic acid groups (broad SMARTS) is 1. The van der Waals surface area contributed by atoms with Crippen LogP contribution in [0, 0.1) is 16.0 Å². The van der Waals surface area contributed by atoms with Crippen LogP contribution in [0.25, 0.3) is 0 Å². The third kappa shape index (κ3) is 3.94. The molecular weight excluding hydrogens is 250 g/mol. The number of rotatable bonds is 7. The third-order valence-electron chi connectivity index (χ3n) is 3.03. The zero-order valence-corrected chi connectivity index (χ0v) is 11.0. The lowest BCUT2D eigenvalue weighted by Gasteiger charge is -2.14. The lowest BCUT2D eigenvalue weighted by molar-refractivity contribution is -0.385. The summed E-state index contributed by atoms with van der Waals surface area (Å²) in [7, 11) is 0. The lowest BCUT2D eigenvalue weighted by atomic mass is 10.1. The van der Waals surface area contributed by atoms with Gasteiger partial charge in [0, 0.05) is 12.1 Å². The molecule has 0 aliphatic heterocycles. The van der Waals surface area contributed by atoms with Crippen molar-refractivity contribution in [1.29, 1.82) is 0 Å². The predicted molar refractivity (Wildman–Crippen MR) is 69.6 cm³/mol. The van der Waals surface area contributed by atoms with E-state index in [1.54, 1.807) is 0 Å². The van der Waals surface area contributed by atoms with Crippen LogP contribution in [-0.4, -0.2) is 22.6 Å². The number of benzene rings is 1. The highest BCUT2D eigenvalue weighted by molar-refractivity contribution is 5.88. The van der Waals surface area contributed by atoms with Crippen molar-refractivity contribution in [3.63, 3.8) is 0 Å². The Kier molecular flexibility index (Phi) is 5.29. The molecule has 6 nitrogen and oxygen atoms in total. The number of carboxylic acids is 1. The number of carbonyl (C=O) groups is 1. The fraction of sp³-hybridized carbons (Fsp3) is 0.462. The summed E-state index contributed by atoms with van der Waals surface area (Å²) in [6, 6.07) is 3.55. The van der Waals surface area contributed by atoms with Crippen LogP contribution in [0.15, 0.2) is 18.2 Å². The molecule has 0 fully saturated rings. The number of hydrogen-bond acceptors (Lipinski definition) is 4. The minimum absolute atomic E-state index is 0.0109. The molecule has 104 valence electrons. The maximum absolute atomic E-state index is 10.9. The number of hydrogen-bond donors (Lipinski definition) is 1. The minimum Gasteiger partial charge on any atom is -0.487 e. The molecule has 0 aliphatic carbocycles. The highest BCUT2D eigenvalue weighted by Gasteiger charge is 2.18. The predicted octanol–water partition coefficient (Wildman–Crippen LogP) is 3.11. The highest BCUT2D eigenvalue weighted by Crippen LogP contribution is 2.28. The van der Waals surface area contributed by atoms with Gasteiger partial charge in [0.1, 0.15) is 0 Å². The maximum Gasteiger partial charge on any atom is 0.335 e. The van der Waals surface area contributed by atoms with E-state index in [0.29, 0.717) is 12.5 Å². The van der Waals surface area contributed by atoms with Crippen molar-refractivity contribution in [2.75, 3.05) is 6.61 Å². The van der Waals surface area contributed by atoms with E-state index in [4.69, 9.17) is 9.84 Å². The molecule has 0 heterocycles. The van der Waals surface area contributed by atoms with Gasteiger partial charge in [0.05, 0.1) is 17.1 Å². The lowest BCUT2D eigenvalue weighted by Crippen LogP contribution is -2.11. The second kappa shape index (κ2) is 6.72. The average molecular weight is 267 g/mol. The summed E-state index contributed by atoms with van der Waals surface area (Å²) in [5, 5.41) is 19.7. The van der Waals surface area contributed by atoms with Crippen LogP contribution < -0.4 is 4.74 Å². The van der Waals surface area contributed by atoms with Gasteiger partial charge in [-0.1, -0.05) is 26.7 Å². The SMILES string of the molecule is CCC(CC)COc1cc(C(=O)O)ccc1[N+](=O)[O-]. The fourth-order valence-electron chi connectivity index (χ4n) is 1.65. The highest BCUT2D eigenvalue weighted by atomic mass is 16.6. The Balaban J connectivity index is 2.97. The van der Waals surface area contributed by atoms with E-state index < -0.39 is 10.9 Å². The molecule has 0 saturated heterocycles. The van der Waals surface area contributed by atoms with Gasteiger partial charge in [0.2, 0.25) is 0 Å².